The Labute approximate surface area is 100 Å². The molecule has 1 saturated heterocycles. The summed E-state index contributed by atoms with van der Waals surface area (Å²) in [5.74, 6) is 0. The van der Waals surface area contributed by atoms with Gasteiger partial charge in [-0.2, -0.15) is 13.2 Å². The van der Waals surface area contributed by atoms with Gasteiger partial charge in [0.2, 0.25) is 0 Å². The molecule has 1 unspecified atom stereocenters. The van der Waals surface area contributed by atoms with Gasteiger partial charge in [-0.3, -0.25) is 0 Å². The van der Waals surface area contributed by atoms with E-state index < -0.39 is 11.7 Å². The predicted octanol–water partition coefficient (Wildman–Crippen LogP) is 4.16. The van der Waals surface area contributed by atoms with Gasteiger partial charge < -0.3 is 5.32 Å². The topological polar surface area (TPSA) is 12.0 Å². The van der Waals surface area contributed by atoms with Gasteiger partial charge in [0, 0.05) is 6.04 Å². The average molecular weight is 245 g/mol. The normalized spacial score (nSPS) is 19.7. The number of nitrogens with one attached hydrogen (secondary N) is 1. The largest absolute Gasteiger partial charge is 0.416 e. The summed E-state index contributed by atoms with van der Waals surface area (Å²) < 4.78 is 38.0. The molecule has 1 atom stereocenters. The lowest BCUT2D eigenvalue weighted by molar-refractivity contribution is -0.138. The molecule has 0 spiro atoms. The molecule has 4 heteroatoms. The number of halogens is 3. The molecule has 17 heavy (non-hydrogen) atoms. The Hall–Kier alpha value is -1.03. The Kier molecular flexibility index (Phi) is 5.00. The van der Waals surface area contributed by atoms with E-state index in [1.807, 2.05) is 13.8 Å². The SMILES string of the molecule is CC.FC(F)(F)c1ccccc1C1CCCN1. The summed E-state index contributed by atoms with van der Waals surface area (Å²) in [5.41, 5.74) is -0.132. The fraction of sp³-hybridized carbons (Fsp3) is 0.538. The van der Waals surface area contributed by atoms with Crippen molar-refractivity contribution in [2.75, 3.05) is 6.54 Å². The Morgan fingerprint density at radius 1 is 1.18 bits per heavy atom. The number of benzene rings is 1. The summed E-state index contributed by atoms with van der Waals surface area (Å²) in [4.78, 5) is 0. The molecule has 0 amide bonds. The second kappa shape index (κ2) is 6.05. The molecule has 1 heterocycles. The summed E-state index contributed by atoms with van der Waals surface area (Å²) in [5, 5.41) is 3.09. The van der Waals surface area contributed by atoms with Gasteiger partial charge in [0.15, 0.2) is 0 Å². The van der Waals surface area contributed by atoms with Crippen LogP contribution in [0.4, 0.5) is 13.2 Å². The Bertz CT molecular complexity index is 341. The summed E-state index contributed by atoms with van der Waals surface area (Å²) in [6, 6.07) is 5.66. The van der Waals surface area contributed by atoms with E-state index >= 15 is 0 Å². The lowest BCUT2D eigenvalue weighted by Crippen LogP contribution is -2.18. The van der Waals surface area contributed by atoms with Crippen LogP contribution in [0.25, 0.3) is 0 Å². The van der Waals surface area contributed by atoms with Crippen molar-refractivity contribution in [3.05, 3.63) is 35.4 Å². The Morgan fingerprint density at radius 3 is 2.35 bits per heavy atom. The second-order valence-electron chi connectivity index (χ2n) is 3.73. The molecule has 1 aliphatic rings. The maximum atomic E-state index is 12.7. The van der Waals surface area contributed by atoms with Crippen molar-refractivity contribution in [2.24, 2.45) is 0 Å². The van der Waals surface area contributed by atoms with E-state index in [9.17, 15) is 13.2 Å². The van der Waals surface area contributed by atoms with Crippen LogP contribution < -0.4 is 5.32 Å². The number of hydrogen-bond acceptors (Lipinski definition) is 1. The number of rotatable bonds is 1. The van der Waals surface area contributed by atoms with Gasteiger partial charge in [0.25, 0.3) is 0 Å². The molecule has 1 fully saturated rings. The molecule has 1 aromatic rings. The molecule has 0 radical (unpaired) electrons. The van der Waals surface area contributed by atoms with Crippen molar-refractivity contribution in [1.82, 2.24) is 5.32 Å². The first-order valence-corrected chi connectivity index (χ1v) is 5.98. The summed E-state index contributed by atoms with van der Waals surface area (Å²) in [7, 11) is 0. The molecule has 1 nitrogen and oxygen atoms in total. The molecule has 1 N–H and O–H groups in total. The van der Waals surface area contributed by atoms with Gasteiger partial charge in [-0.1, -0.05) is 32.0 Å². The zero-order chi connectivity index (χ0) is 12.9. The van der Waals surface area contributed by atoms with Crippen LogP contribution in [0.2, 0.25) is 0 Å². The lowest BCUT2D eigenvalue weighted by atomic mass is 9.99. The van der Waals surface area contributed by atoms with Gasteiger partial charge in [0.1, 0.15) is 0 Å². The summed E-state index contributed by atoms with van der Waals surface area (Å²) in [6.07, 6.45) is -2.52. The van der Waals surface area contributed by atoms with Crippen LogP contribution in [0.1, 0.15) is 43.9 Å². The van der Waals surface area contributed by atoms with E-state index in [4.69, 9.17) is 0 Å². The summed E-state index contributed by atoms with van der Waals surface area (Å²) >= 11 is 0. The number of hydrogen-bond donors (Lipinski definition) is 1. The summed E-state index contributed by atoms with van der Waals surface area (Å²) in [6.45, 7) is 4.80. The van der Waals surface area contributed by atoms with E-state index in [1.165, 1.54) is 6.07 Å². The number of alkyl halides is 3. The van der Waals surface area contributed by atoms with Gasteiger partial charge in [-0.05, 0) is 31.0 Å². The minimum absolute atomic E-state index is 0.136. The van der Waals surface area contributed by atoms with Crippen LogP contribution in [0, 0.1) is 0 Å². The fourth-order valence-corrected chi connectivity index (χ4v) is 2.01. The second-order valence-corrected chi connectivity index (χ2v) is 3.73. The van der Waals surface area contributed by atoms with Gasteiger partial charge in [-0.25, -0.2) is 0 Å². The maximum Gasteiger partial charge on any atom is 0.416 e. The van der Waals surface area contributed by atoms with Crippen LogP contribution in [0.15, 0.2) is 24.3 Å². The third-order valence-electron chi connectivity index (χ3n) is 2.70. The molecule has 1 aliphatic heterocycles. The van der Waals surface area contributed by atoms with Crippen LogP contribution in [-0.4, -0.2) is 6.54 Å². The third-order valence-corrected chi connectivity index (χ3v) is 2.70. The van der Waals surface area contributed by atoms with Crippen LogP contribution >= 0.6 is 0 Å². The van der Waals surface area contributed by atoms with E-state index in [1.54, 1.807) is 12.1 Å². The van der Waals surface area contributed by atoms with Crippen molar-refractivity contribution < 1.29 is 13.2 Å². The van der Waals surface area contributed by atoms with Crippen molar-refractivity contribution in [3.63, 3.8) is 0 Å². The first-order valence-electron chi connectivity index (χ1n) is 5.98. The first kappa shape index (κ1) is 14.0. The van der Waals surface area contributed by atoms with Gasteiger partial charge in [-0.15, -0.1) is 0 Å². The molecule has 1 aromatic carbocycles. The molecule has 2 rings (SSSR count). The van der Waals surface area contributed by atoms with Crippen molar-refractivity contribution in [1.29, 1.82) is 0 Å². The minimum atomic E-state index is -4.25. The predicted molar refractivity (Wildman–Crippen MR) is 62.8 cm³/mol. The van der Waals surface area contributed by atoms with Crippen LogP contribution in [0.3, 0.4) is 0 Å². The Balaban J connectivity index is 0.000000686. The van der Waals surface area contributed by atoms with Gasteiger partial charge in [0.05, 0.1) is 5.56 Å². The molecule has 0 saturated carbocycles. The minimum Gasteiger partial charge on any atom is -0.310 e. The highest BCUT2D eigenvalue weighted by atomic mass is 19.4. The van der Waals surface area contributed by atoms with E-state index in [0.29, 0.717) is 5.56 Å². The standard InChI is InChI=1S/C11H12F3N.C2H6/c12-11(13,14)9-5-2-1-4-8(9)10-6-3-7-15-10;1-2/h1-2,4-5,10,15H,3,6-7H2;1-2H3. The monoisotopic (exact) mass is 245 g/mol. The van der Waals surface area contributed by atoms with Crippen LogP contribution in [0.5, 0.6) is 0 Å². The van der Waals surface area contributed by atoms with Crippen LogP contribution in [-0.2, 0) is 6.18 Å². The highest BCUT2D eigenvalue weighted by molar-refractivity contribution is 5.32. The van der Waals surface area contributed by atoms with E-state index in [2.05, 4.69) is 5.32 Å². The molecule has 0 bridgehead atoms. The molecule has 0 aromatic heterocycles. The highest BCUT2D eigenvalue weighted by Crippen LogP contribution is 2.36. The van der Waals surface area contributed by atoms with Crippen molar-refractivity contribution >= 4 is 0 Å². The van der Waals surface area contributed by atoms with Gasteiger partial charge >= 0.3 is 6.18 Å². The highest BCUT2D eigenvalue weighted by Gasteiger charge is 2.35. The zero-order valence-corrected chi connectivity index (χ0v) is 10.1. The quantitative estimate of drug-likeness (QED) is 0.783. The zero-order valence-electron chi connectivity index (χ0n) is 10.1. The Morgan fingerprint density at radius 2 is 1.82 bits per heavy atom. The maximum absolute atomic E-state index is 12.7. The average Bonchev–Trinajstić information content (AvgIpc) is 2.84. The van der Waals surface area contributed by atoms with Crippen molar-refractivity contribution in [3.8, 4) is 0 Å². The lowest BCUT2D eigenvalue weighted by Gasteiger charge is -2.17. The molecular formula is C13H18F3N. The fourth-order valence-electron chi connectivity index (χ4n) is 2.01. The smallest absolute Gasteiger partial charge is 0.310 e. The molecule has 0 aliphatic carbocycles. The molecule has 96 valence electrons. The van der Waals surface area contributed by atoms with E-state index in [0.717, 1.165) is 25.5 Å². The van der Waals surface area contributed by atoms with E-state index in [-0.39, 0.29) is 6.04 Å². The third kappa shape index (κ3) is 3.46. The van der Waals surface area contributed by atoms with Crippen molar-refractivity contribution in [2.45, 2.75) is 38.9 Å². The first-order chi connectivity index (χ1) is 8.09. The molecular weight excluding hydrogens is 227 g/mol.